The zero-order valence-corrected chi connectivity index (χ0v) is 12.3. The number of hydrogen-bond acceptors (Lipinski definition) is 5. The fourth-order valence-corrected chi connectivity index (χ4v) is 2.38. The zero-order valence-electron chi connectivity index (χ0n) is 12.3. The van der Waals surface area contributed by atoms with Crippen molar-refractivity contribution < 1.29 is 19.2 Å². The lowest BCUT2D eigenvalue weighted by atomic mass is 10.1. The van der Waals surface area contributed by atoms with Crippen LogP contribution in [-0.4, -0.2) is 27.8 Å². The van der Waals surface area contributed by atoms with Crippen molar-refractivity contribution >= 4 is 17.8 Å². The van der Waals surface area contributed by atoms with E-state index in [1.165, 1.54) is 12.1 Å². The Morgan fingerprint density at radius 2 is 1.74 bits per heavy atom. The lowest BCUT2D eigenvalue weighted by molar-refractivity contribution is -0.168. The summed E-state index contributed by atoms with van der Waals surface area (Å²) < 4.78 is 0. The molecular weight excluding hydrogens is 296 g/mol. The standard InChI is InChI=1S/C17H14N2O4/c20-15(9-3-5-12-6-4-10-18-11-12)23-19-16(21)13-7-1-2-8-14(13)17(19)22/h1-2,4,6-8,10-11H,3,5,9H2. The van der Waals surface area contributed by atoms with Gasteiger partial charge in [0, 0.05) is 18.8 Å². The minimum Gasteiger partial charge on any atom is -0.330 e. The van der Waals surface area contributed by atoms with Gasteiger partial charge in [0.2, 0.25) is 0 Å². The van der Waals surface area contributed by atoms with Gasteiger partial charge in [-0.15, -0.1) is 0 Å². The van der Waals surface area contributed by atoms with Crippen LogP contribution in [0.4, 0.5) is 0 Å². The first kappa shape index (κ1) is 14.9. The number of rotatable bonds is 5. The van der Waals surface area contributed by atoms with Gasteiger partial charge >= 0.3 is 5.97 Å². The summed E-state index contributed by atoms with van der Waals surface area (Å²) in [6.07, 6.45) is 4.75. The van der Waals surface area contributed by atoms with Gasteiger partial charge in [-0.3, -0.25) is 14.6 Å². The van der Waals surface area contributed by atoms with Crippen molar-refractivity contribution in [3.63, 3.8) is 0 Å². The van der Waals surface area contributed by atoms with Gasteiger partial charge in [0.05, 0.1) is 11.1 Å². The highest BCUT2D eigenvalue weighted by atomic mass is 16.7. The van der Waals surface area contributed by atoms with E-state index in [4.69, 9.17) is 4.84 Å². The number of carbonyl (C=O) groups excluding carboxylic acids is 3. The van der Waals surface area contributed by atoms with Crippen molar-refractivity contribution in [3.05, 3.63) is 65.5 Å². The van der Waals surface area contributed by atoms with Crippen LogP contribution in [0.25, 0.3) is 0 Å². The number of hydrogen-bond donors (Lipinski definition) is 0. The highest BCUT2D eigenvalue weighted by Crippen LogP contribution is 2.22. The number of benzene rings is 1. The highest BCUT2D eigenvalue weighted by molar-refractivity contribution is 6.20. The van der Waals surface area contributed by atoms with Crippen molar-refractivity contribution in [1.82, 2.24) is 10.0 Å². The summed E-state index contributed by atoms with van der Waals surface area (Å²) in [6.45, 7) is 0. The van der Waals surface area contributed by atoms with Gasteiger partial charge in [0.1, 0.15) is 0 Å². The van der Waals surface area contributed by atoms with Gasteiger partial charge in [-0.2, -0.15) is 0 Å². The second-order valence-electron chi connectivity index (χ2n) is 5.13. The molecule has 3 rings (SSSR count). The number of amides is 2. The van der Waals surface area contributed by atoms with Crippen molar-refractivity contribution in [3.8, 4) is 0 Å². The molecule has 0 aliphatic carbocycles. The Kier molecular flexibility index (Phi) is 4.14. The maximum atomic E-state index is 12.1. The predicted molar refractivity (Wildman–Crippen MR) is 80.2 cm³/mol. The molecule has 6 nitrogen and oxygen atoms in total. The average Bonchev–Trinajstić information content (AvgIpc) is 2.81. The quantitative estimate of drug-likeness (QED) is 0.791. The van der Waals surface area contributed by atoms with Crippen molar-refractivity contribution in [2.75, 3.05) is 0 Å². The van der Waals surface area contributed by atoms with Gasteiger partial charge in [-0.1, -0.05) is 23.3 Å². The average molecular weight is 310 g/mol. The summed E-state index contributed by atoms with van der Waals surface area (Å²) in [5.41, 5.74) is 1.52. The summed E-state index contributed by atoms with van der Waals surface area (Å²) >= 11 is 0. The lowest BCUT2D eigenvalue weighted by Crippen LogP contribution is -2.32. The summed E-state index contributed by atoms with van der Waals surface area (Å²) in [5.74, 6) is -1.82. The third-order valence-electron chi connectivity index (χ3n) is 3.52. The van der Waals surface area contributed by atoms with E-state index in [1.54, 1.807) is 24.5 Å². The van der Waals surface area contributed by atoms with Gasteiger partial charge in [-0.25, -0.2) is 4.79 Å². The molecule has 0 fully saturated rings. The smallest absolute Gasteiger partial charge is 0.330 e. The predicted octanol–water partition coefficient (Wildman–Crippen LogP) is 2.16. The Hall–Kier alpha value is -3.02. The molecule has 2 aromatic rings. The summed E-state index contributed by atoms with van der Waals surface area (Å²) in [5, 5.41) is 0.539. The van der Waals surface area contributed by atoms with Crippen LogP contribution < -0.4 is 0 Å². The van der Waals surface area contributed by atoms with E-state index in [1.807, 2.05) is 12.1 Å². The number of pyridine rings is 1. The molecular formula is C17H14N2O4. The largest absolute Gasteiger partial charge is 0.333 e. The first-order chi connectivity index (χ1) is 11.2. The molecule has 0 N–H and O–H groups in total. The van der Waals surface area contributed by atoms with Crippen LogP contribution in [0.2, 0.25) is 0 Å². The van der Waals surface area contributed by atoms with E-state index < -0.39 is 17.8 Å². The number of carbonyl (C=O) groups is 3. The summed E-state index contributed by atoms with van der Waals surface area (Å²) in [6, 6.07) is 10.1. The Balaban J connectivity index is 1.55. The van der Waals surface area contributed by atoms with Crippen molar-refractivity contribution in [2.24, 2.45) is 0 Å². The number of hydroxylamine groups is 2. The summed E-state index contributed by atoms with van der Waals surface area (Å²) in [7, 11) is 0. The summed E-state index contributed by atoms with van der Waals surface area (Å²) in [4.78, 5) is 44.9. The van der Waals surface area contributed by atoms with Gasteiger partial charge in [0.15, 0.2) is 0 Å². The fraction of sp³-hybridized carbons (Fsp3) is 0.176. The maximum absolute atomic E-state index is 12.1. The molecule has 2 amide bonds. The molecule has 0 saturated carbocycles. The van der Waals surface area contributed by atoms with E-state index in [2.05, 4.69) is 4.98 Å². The molecule has 0 unspecified atom stereocenters. The second kappa shape index (κ2) is 6.39. The molecule has 0 atom stereocenters. The minimum atomic E-state index is -0.608. The first-order valence-corrected chi connectivity index (χ1v) is 7.24. The third-order valence-corrected chi connectivity index (χ3v) is 3.52. The Morgan fingerprint density at radius 3 is 2.35 bits per heavy atom. The zero-order chi connectivity index (χ0) is 16.2. The molecule has 0 radical (unpaired) electrons. The Labute approximate surface area is 132 Å². The van der Waals surface area contributed by atoms with Gasteiger partial charge < -0.3 is 4.84 Å². The number of nitrogens with zero attached hydrogens (tertiary/aromatic N) is 2. The Morgan fingerprint density at radius 1 is 1.04 bits per heavy atom. The van der Waals surface area contributed by atoms with E-state index >= 15 is 0 Å². The van der Waals surface area contributed by atoms with Crippen molar-refractivity contribution in [2.45, 2.75) is 19.3 Å². The van der Waals surface area contributed by atoms with Crippen LogP contribution in [0.1, 0.15) is 39.1 Å². The van der Waals surface area contributed by atoms with Crippen LogP contribution in [0.3, 0.4) is 0 Å². The van der Waals surface area contributed by atoms with Crippen LogP contribution >= 0.6 is 0 Å². The monoisotopic (exact) mass is 310 g/mol. The van der Waals surface area contributed by atoms with Crippen LogP contribution in [-0.2, 0) is 16.1 Å². The number of imide groups is 1. The second-order valence-corrected chi connectivity index (χ2v) is 5.13. The molecule has 6 heteroatoms. The highest BCUT2D eigenvalue weighted by Gasteiger charge is 2.38. The van der Waals surface area contributed by atoms with Crippen LogP contribution in [0, 0.1) is 0 Å². The van der Waals surface area contributed by atoms with Crippen LogP contribution in [0.5, 0.6) is 0 Å². The molecule has 1 aliphatic rings. The molecule has 0 bridgehead atoms. The SMILES string of the molecule is O=C(CCCc1cccnc1)ON1C(=O)c2ccccc2C1=O. The molecule has 23 heavy (non-hydrogen) atoms. The van der Waals surface area contributed by atoms with Crippen LogP contribution in [0.15, 0.2) is 48.8 Å². The van der Waals surface area contributed by atoms with E-state index in [0.29, 0.717) is 17.9 Å². The number of aromatic nitrogens is 1. The van der Waals surface area contributed by atoms with Gasteiger partial charge in [0.25, 0.3) is 11.8 Å². The molecule has 0 saturated heterocycles. The Bertz CT molecular complexity index is 723. The normalized spacial score (nSPS) is 13.1. The molecule has 1 aromatic heterocycles. The lowest BCUT2D eigenvalue weighted by Gasteiger charge is -2.12. The first-order valence-electron chi connectivity index (χ1n) is 7.24. The van der Waals surface area contributed by atoms with Gasteiger partial charge in [-0.05, 0) is 36.6 Å². The topological polar surface area (TPSA) is 76.6 Å². The molecule has 116 valence electrons. The number of fused-ring (bicyclic) bond motifs is 1. The van der Waals surface area contributed by atoms with E-state index in [9.17, 15) is 14.4 Å². The van der Waals surface area contributed by atoms with Crippen molar-refractivity contribution in [1.29, 1.82) is 0 Å². The third kappa shape index (κ3) is 3.11. The van der Waals surface area contributed by atoms with E-state index in [0.717, 1.165) is 5.56 Å². The number of aryl methyl sites for hydroxylation is 1. The minimum absolute atomic E-state index is 0.113. The molecule has 2 heterocycles. The fourth-order valence-electron chi connectivity index (χ4n) is 2.38. The maximum Gasteiger partial charge on any atom is 0.333 e. The molecule has 1 aliphatic heterocycles. The van der Waals surface area contributed by atoms with E-state index in [-0.39, 0.29) is 17.5 Å². The molecule has 0 spiro atoms. The molecule has 1 aromatic carbocycles.